The van der Waals surface area contributed by atoms with Gasteiger partial charge in [-0.05, 0) is 85.4 Å². The van der Waals surface area contributed by atoms with Gasteiger partial charge in [-0.3, -0.25) is 0 Å². The fourth-order valence-electron chi connectivity index (χ4n) is 4.94. The quantitative estimate of drug-likeness (QED) is 0.370. The van der Waals surface area contributed by atoms with Crippen molar-refractivity contribution in [3.8, 4) is 22.8 Å². The standard InChI is InChI=1S/C29H30F3NO3/c1-17-9-22-21(11-20-12-23(20)22)13-26(17)36-16-18-5-4-6-19(10-18)24-15-33-27(14-25(24)29(30,31)32)35-8-7-28(2,3)34/h4-6,9-10,13-15,20,23,34H,7-8,11-12,16H2,1-3H3/t20-,23+/m0/s1. The van der Waals surface area contributed by atoms with Gasteiger partial charge in [-0.25, -0.2) is 4.98 Å². The van der Waals surface area contributed by atoms with E-state index in [0.717, 1.165) is 41.2 Å². The summed E-state index contributed by atoms with van der Waals surface area (Å²) in [4.78, 5) is 4.09. The molecular weight excluding hydrogens is 467 g/mol. The summed E-state index contributed by atoms with van der Waals surface area (Å²) in [6.45, 7) is 5.57. The van der Waals surface area contributed by atoms with Crippen LogP contribution in [-0.4, -0.2) is 22.3 Å². The van der Waals surface area contributed by atoms with Crippen LogP contribution in [0.15, 0.2) is 48.7 Å². The molecule has 0 aliphatic heterocycles. The molecule has 190 valence electrons. The van der Waals surface area contributed by atoms with Crippen molar-refractivity contribution in [3.05, 3.63) is 76.5 Å². The van der Waals surface area contributed by atoms with Gasteiger partial charge in [-0.15, -0.1) is 0 Å². The van der Waals surface area contributed by atoms with E-state index < -0.39 is 17.3 Å². The predicted molar refractivity (Wildman–Crippen MR) is 131 cm³/mol. The Morgan fingerprint density at radius 3 is 2.64 bits per heavy atom. The fourth-order valence-corrected chi connectivity index (χ4v) is 4.94. The topological polar surface area (TPSA) is 51.6 Å². The maximum Gasteiger partial charge on any atom is 0.417 e. The lowest BCUT2D eigenvalue weighted by Gasteiger charge is -2.18. The van der Waals surface area contributed by atoms with E-state index in [-0.39, 0.29) is 31.1 Å². The molecule has 7 heteroatoms. The number of fused-ring (bicyclic) bond motifs is 3. The second kappa shape index (κ2) is 9.11. The minimum absolute atomic E-state index is 0.0212. The Hall–Kier alpha value is -3.06. The number of hydrogen-bond donors (Lipinski definition) is 1. The highest BCUT2D eigenvalue weighted by Crippen LogP contribution is 2.57. The Balaban J connectivity index is 1.34. The summed E-state index contributed by atoms with van der Waals surface area (Å²) in [6, 6.07) is 12.2. The Morgan fingerprint density at radius 1 is 1.08 bits per heavy atom. The first-order valence-corrected chi connectivity index (χ1v) is 12.3. The molecule has 1 saturated carbocycles. The molecule has 0 unspecified atom stereocenters. The van der Waals surface area contributed by atoms with E-state index in [0.29, 0.717) is 5.56 Å². The third-order valence-corrected chi connectivity index (χ3v) is 7.02. The molecule has 2 aliphatic carbocycles. The Morgan fingerprint density at radius 2 is 1.89 bits per heavy atom. The molecule has 0 saturated heterocycles. The number of benzene rings is 2. The van der Waals surface area contributed by atoms with Gasteiger partial charge in [0.1, 0.15) is 12.4 Å². The molecule has 1 aromatic heterocycles. The Labute approximate surface area is 209 Å². The first-order chi connectivity index (χ1) is 17.0. The summed E-state index contributed by atoms with van der Waals surface area (Å²) in [5.41, 5.74) is 3.25. The zero-order valence-corrected chi connectivity index (χ0v) is 20.7. The average Bonchev–Trinajstić information content (AvgIpc) is 3.49. The van der Waals surface area contributed by atoms with Gasteiger partial charge in [0, 0.05) is 24.2 Å². The number of ether oxygens (including phenoxy) is 2. The highest BCUT2D eigenvalue weighted by Gasteiger charge is 2.45. The summed E-state index contributed by atoms with van der Waals surface area (Å²) >= 11 is 0. The van der Waals surface area contributed by atoms with Crippen molar-refractivity contribution < 1.29 is 27.8 Å². The first kappa shape index (κ1) is 24.6. The zero-order valence-electron chi connectivity index (χ0n) is 20.7. The number of halogens is 3. The van der Waals surface area contributed by atoms with E-state index in [4.69, 9.17) is 9.47 Å². The monoisotopic (exact) mass is 497 g/mol. The molecular formula is C29H30F3NO3. The van der Waals surface area contributed by atoms with E-state index in [2.05, 4.69) is 17.1 Å². The highest BCUT2D eigenvalue weighted by molar-refractivity contribution is 5.68. The second-order valence-corrected chi connectivity index (χ2v) is 10.6. The molecule has 2 atom stereocenters. The van der Waals surface area contributed by atoms with Crippen LogP contribution in [0, 0.1) is 12.8 Å². The number of alkyl halides is 3. The summed E-state index contributed by atoms with van der Waals surface area (Å²) < 4.78 is 53.3. The molecule has 4 nitrogen and oxygen atoms in total. The van der Waals surface area contributed by atoms with Crippen LogP contribution in [0.3, 0.4) is 0 Å². The summed E-state index contributed by atoms with van der Waals surface area (Å²) in [6.07, 6.45) is -0.719. The first-order valence-electron chi connectivity index (χ1n) is 12.3. The maximum atomic E-state index is 13.9. The second-order valence-electron chi connectivity index (χ2n) is 10.6. The molecule has 1 N–H and O–H groups in total. The van der Waals surface area contributed by atoms with E-state index >= 15 is 0 Å². The van der Waals surface area contributed by atoms with Crippen molar-refractivity contribution in [1.29, 1.82) is 0 Å². The molecule has 5 rings (SSSR count). The van der Waals surface area contributed by atoms with E-state index in [1.165, 1.54) is 23.7 Å². The van der Waals surface area contributed by atoms with Gasteiger partial charge >= 0.3 is 6.18 Å². The smallest absolute Gasteiger partial charge is 0.417 e. The van der Waals surface area contributed by atoms with Crippen LogP contribution >= 0.6 is 0 Å². The van der Waals surface area contributed by atoms with E-state index in [1.54, 1.807) is 32.0 Å². The van der Waals surface area contributed by atoms with Crippen molar-refractivity contribution in [2.24, 2.45) is 5.92 Å². The summed E-state index contributed by atoms with van der Waals surface area (Å²) in [5.74, 6) is 2.21. The molecule has 2 aliphatic rings. The molecule has 1 heterocycles. The summed E-state index contributed by atoms with van der Waals surface area (Å²) in [5, 5.41) is 9.79. The maximum absolute atomic E-state index is 13.9. The van der Waals surface area contributed by atoms with E-state index in [9.17, 15) is 18.3 Å². The van der Waals surface area contributed by atoms with Crippen LogP contribution in [-0.2, 0) is 19.2 Å². The average molecular weight is 498 g/mol. The van der Waals surface area contributed by atoms with Gasteiger partial charge < -0.3 is 14.6 Å². The lowest BCUT2D eigenvalue weighted by molar-refractivity contribution is -0.137. The van der Waals surface area contributed by atoms with Crippen molar-refractivity contribution in [1.82, 2.24) is 4.98 Å². The van der Waals surface area contributed by atoms with Crippen LogP contribution in [0.1, 0.15) is 60.4 Å². The molecule has 0 amide bonds. The molecule has 0 spiro atoms. The minimum atomic E-state index is -4.58. The SMILES string of the molecule is Cc1cc2c(cc1OCc1cccc(-c3cnc(OCCC(C)(C)O)cc3C(F)(F)F)c1)C[C@H]1C[C@@H]21. The Kier molecular flexibility index (Phi) is 6.23. The van der Waals surface area contributed by atoms with E-state index in [1.807, 2.05) is 13.0 Å². The van der Waals surface area contributed by atoms with Crippen LogP contribution in [0.5, 0.6) is 11.6 Å². The van der Waals surface area contributed by atoms with Gasteiger partial charge in [0.2, 0.25) is 5.88 Å². The molecule has 0 bridgehead atoms. The lowest BCUT2D eigenvalue weighted by Crippen LogP contribution is -2.22. The molecule has 2 aromatic carbocycles. The molecule has 0 radical (unpaired) electrons. The number of hydrogen-bond acceptors (Lipinski definition) is 4. The van der Waals surface area contributed by atoms with Gasteiger partial charge in [0.05, 0.1) is 17.8 Å². The van der Waals surface area contributed by atoms with Crippen LogP contribution < -0.4 is 9.47 Å². The Bertz CT molecular complexity index is 1280. The number of rotatable bonds is 8. The van der Waals surface area contributed by atoms with Gasteiger partial charge in [0.15, 0.2) is 0 Å². The van der Waals surface area contributed by atoms with Gasteiger partial charge in [-0.1, -0.05) is 24.3 Å². The third-order valence-electron chi connectivity index (χ3n) is 7.02. The number of pyridine rings is 1. The number of aliphatic hydroxyl groups is 1. The van der Waals surface area contributed by atoms with Crippen molar-refractivity contribution in [2.45, 2.75) is 64.3 Å². The summed E-state index contributed by atoms with van der Waals surface area (Å²) in [7, 11) is 0. The van der Waals surface area contributed by atoms with Crippen molar-refractivity contribution >= 4 is 0 Å². The molecule has 36 heavy (non-hydrogen) atoms. The number of nitrogens with zero attached hydrogens (tertiary/aromatic N) is 1. The third kappa shape index (κ3) is 5.36. The van der Waals surface area contributed by atoms with Gasteiger partial charge in [-0.2, -0.15) is 13.2 Å². The molecule has 1 fully saturated rings. The van der Waals surface area contributed by atoms with Crippen LogP contribution in [0.25, 0.3) is 11.1 Å². The normalized spacial score (nSPS) is 18.5. The minimum Gasteiger partial charge on any atom is -0.489 e. The van der Waals surface area contributed by atoms with Crippen molar-refractivity contribution in [3.63, 3.8) is 0 Å². The number of aromatic nitrogens is 1. The van der Waals surface area contributed by atoms with Crippen LogP contribution in [0.4, 0.5) is 13.2 Å². The van der Waals surface area contributed by atoms with Crippen molar-refractivity contribution in [2.75, 3.05) is 6.61 Å². The largest absolute Gasteiger partial charge is 0.489 e. The predicted octanol–water partition coefficient (Wildman–Crippen LogP) is 6.85. The highest BCUT2D eigenvalue weighted by atomic mass is 19.4. The van der Waals surface area contributed by atoms with Gasteiger partial charge in [0.25, 0.3) is 0 Å². The lowest BCUT2D eigenvalue weighted by atomic mass is 9.99. The fraction of sp³-hybridized carbons (Fsp3) is 0.414. The van der Waals surface area contributed by atoms with Crippen LogP contribution in [0.2, 0.25) is 0 Å². The number of aryl methyl sites for hydroxylation is 1. The zero-order chi connectivity index (χ0) is 25.7. The molecule has 3 aromatic rings.